The van der Waals surface area contributed by atoms with Crippen molar-refractivity contribution in [2.75, 3.05) is 19.0 Å². The predicted molar refractivity (Wildman–Crippen MR) is 76.0 cm³/mol. The van der Waals surface area contributed by atoms with E-state index in [2.05, 4.69) is 10.3 Å². The molecule has 0 saturated carbocycles. The summed E-state index contributed by atoms with van der Waals surface area (Å²) in [5.74, 6) is 0.557. The van der Waals surface area contributed by atoms with Crippen molar-refractivity contribution in [1.82, 2.24) is 4.98 Å². The first-order valence-electron chi connectivity index (χ1n) is 6.64. The molecule has 0 spiro atoms. The largest absolute Gasteiger partial charge is 0.481 e. The van der Waals surface area contributed by atoms with Crippen molar-refractivity contribution in [2.24, 2.45) is 5.92 Å². The molecule has 0 aliphatic heterocycles. The maximum atomic E-state index is 10.9. The second-order valence-corrected chi connectivity index (χ2v) is 4.50. The van der Waals surface area contributed by atoms with Crippen LogP contribution in [-0.2, 0) is 0 Å². The van der Waals surface area contributed by atoms with Crippen molar-refractivity contribution < 1.29 is 14.8 Å². The molecule has 0 aliphatic rings. The van der Waals surface area contributed by atoms with Gasteiger partial charge in [0.2, 0.25) is 11.7 Å². The summed E-state index contributed by atoms with van der Waals surface area (Å²) in [6, 6.07) is 2.76. The van der Waals surface area contributed by atoms with Crippen LogP contribution in [0.15, 0.2) is 12.1 Å². The molecule has 112 valence electrons. The molecule has 0 amide bonds. The molecule has 0 aliphatic carbocycles. The van der Waals surface area contributed by atoms with Crippen LogP contribution in [-0.4, -0.2) is 34.8 Å². The molecule has 0 radical (unpaired) electrons. The van der Waals surface area contributed by atoms with Crippen LogP contribution < -0.4 is 10.1 Å². The Kier molecular flexibility index (Phi) is 6.17. The van der Waals surface area contributed by atoms with E-state index in [-0.39, 0.29) is 29.8 Å². The summed E-state index contributed by atoms with van der Waals surface area (Å²) >= 11 is 0. The van der Waals surface area contributed by atoms with Gasteiger partial charge >= 0.3 is 5.69 Å². The van der Waals surface area contributed by atoms with Crippen LogP contribution in [0.25, 0.3) is 0 Å². The first-order valence-corrected chi connectivity index (χ1v) is 6.64. The van der Waals surface area contributed by atoms with E-state index in [4.69, 9.17) is 4.74 Å². The zero-order chi connectivity index (χ0) is 15.1. The third-order valence-electron chi connectivity index (χ3n) is 3.33. The molecule has 20 heavy (non-hydrogen) atoms. The number of aliphatic hydroxyl groups excluding tert-OH is 1. The number of hydrogen-bond donors (Lipinski definition) is 2. The molecule has 0 bridgehead atoms. The quantitative estimate of drug-likeness (QED) is 0.560. The van der Waals surface area contributed by atoms with Gasteiger partial charge in [0, 0.05) is 18.7 Å². The Balaban J connectivity index is 2.82. The number of nitro groups is 1. The minimum absolute atomic E-state index is 0.111. The molecule has 7 nitrogen and oxygen atoms in total. The van der Waals surface area contributed by atoms with E-state index >= 15 is 0 Å². The topological polar surface area (TPSA) is 97.5 Å². The predicted octanol–water partition coefficient (Wildman–Crippen LogP) is 2.21. The first kappa shape index (κ1) is 16.2. The van der Waals surface area contributed by atoms with E-state index in [1.54, 1.807) is 0 Å². The van der Waals surface area contributed by atoms with E-state index in [0.717, 1.165) is 12.8 Å². The molecule has 1 heterocycles. The smallest absolute Gasteiger partial charge is 0.311 e. The second-order valence-electron chi connectivity index (χ2n) is 4.50. The van der Waals surface area contributed by atoms with Gasteiger partial charge in [-0.15, -0.1) is 0 Å². The zero-order valence-electron chi connectivity index (χ0n) is 12.0. The van der Waals surface area contributed by atoms with Gasteiger partial charge in [-0.05, 0) is 5.92 Å². The molecular formula is C13H21N3O4. The van der Waals surface area contributed by atoms with E-state index < -0.39 is 11.0 Å². The van der Waals surface area contributed by atoms with Crippen LogP contribution in [0, 0.1) is 16.0 Å². The highest BCUT2D eigenvalue weighted by Crippen LogP contribution is 2.25. The lowest BCUT2D eigenvalue weighted by molar-refractivity contribution is -0.384. The molecule has 0 fully saturated rings. The highest BCUT2D eigenvalue weighted by atomic mass is 16.6. The van der Waals surface area contributed by atoms with Crippen LogP contribution in [0.1, 0.15) is 26.7 Å². The Hall–Kier alpha value is -1.89. The van der Waals surface area contributed by atoms with Crippen LogP contribution >= 0.6 is 0 Å². The van der Waals surface area contributed by atoms with E-state index in [0.29, 0.717) is 0 Å². The Morgan fingerprint density at radius 2 is 2.10 bits per heavy atom. The second kappa shape index (κ2) is 7.64. The number of hydrogen-bond acceptors (Lipinski definition) is 6. The Morgan fingerprint density at radius 1 is 1.45 bits per heavy atom. The summed E-state index contributed by atoms with van der Waals surface area (Å²) in [4.78, 5) is 14.4. The number of nitrogens with one attached hydrogen (secondary N) is 1. The van der Waals surface area contributed by atoms with Gasteiger partial charge < -0.3 is 15.2 Å². The number of pyridine rings is 1. The van der Waals surface area contributed by atoms with Gasteiger partial charge in [-0.1, -0.05) is 26.7 Å². The van der Waals surface area contributed by atoms with Crippen molar-refractivity contribution in [2.45, 2.75) is 32.8 Å². The van der Waals surface area contributed by atoms with Gasteiger partial charge in [0.15, 0.2) is 0 Å². The minimum Gasteiger partial charge on any atom is -0.481 e. The van der Waals surface area contributed by atoms with Gasteiger partial charge in [-0.2, -0.15) is 4.98 Å². The number of anilines is 1. The summed E-state index contributed by atoms with van der Waals surface area (Å²) in [5, 5.41) is 23.8. The van der Waals surface area contributed by atoms with Crippen LogP contribution in [0.4, 0.5) is 11.5 Å². The van der Waals surface area contributed by atoms with Crippen LogP contribution in [0.3, 0.4) is 0 Å². The summed E-state index contributed by atoms with van der Waals surface area (Å²) in [6.07, 6.45) is 1.14. The maximum Gasteiger partial charge on any atom is 0.311 e. The molecular weight excluding hydrogens is 262 g/mol. The lowest BCUT2D eigenvalue weighted by Gasteiger charge is -2.20. The van der Waals surface area contributed by atoms with Gasteiger partial charge in [0.25, 0.3) is 0 Å². The minimum atomic E-state index is -0.572. The molecule has 0 aromatic carbocycles. The summed E-state index contributed by atoms with van der Waals surface area (Å²) in [6.45, 7) is 4.22. The number of nitrogens with zero attached hydrogens (tertiary/aromatic N) is 2. The molecule has 1 aromatic rings. The van der Waals surface area contributed by atoms with Gasteiger partial charge in [-0.3, -0.25) is 10.1 Å². The molecule has 1 unspecified atom stereocenters. The SMILES string of the molecule is CCC(CC)C(O)CNc1nc(OC)ccc1[N+](=O)[O-]. The van der Waals surface area contributed by atoms with E-state index in [9.17, 15) is 15.2 Å². The third kappa shape index (κ3) is 4.06. The Bertz CT molecular complexity index is 449. The zero-order valence-corrected chi connectivity index (χ0v) is 12.0. The number of ether oxygens (including phenoxy) is 1. The molecule has 1 aromatic heterocycles. The maximum absolute atomic E-state index is 10.9. The van der Waals surface area contributed by atoms with Crippen molar-refractivity contribution in [3.05, 3.63) is 22.2 Å². The summed E-state index contributed by atoms with van der Waals surface area (Å²) in [5.41, 5.74) is -0.137. The van der Waals surface area contributed by atoms with E-state index in [1.807, 2.05) is 13.8 Å². The molecule has 7 heteroatoms. The summed E-state index contributed by atoms with van der Waals surface area (Å²) in [7, 11) is 1.44. The average Bonchev–Trinajstić information content (AvgIpc) is 2.45. The number of rotatable bonds is 8. The highest BCUT2D eigenvalue weighted by Gasteiger charge is 2.20. The van der Waals surface area contributed by atoms with Crippen LogP contribution in [0.2, 0.25) is 0 Å². The fraction of sp³-hybridized carbons (Fsp3) is 0.615. The highest BCUT2D eigenvalue weighted by molar-refractivity contribution is 5.57. The normalized spacial score (nSPS) is 12.2. The lowest BCUT2D eigenvalue weighted by Crippen LogP contribution is -2.28. The summed E-state index contributed by atoms with van der Waals surface area (Å²) < 4.78 is 4.95. The fourth-order valence-electron chi connectivity index (χ4n) is 2.03. The van der Waals surface area contributed by atoms with Crippen molar-refractivity contribution in [3.63, 3.8) is 0 Å². The molecule has 0 saturated heterocycles. The molecule has 2 N–H and O–H groups in total. The number of aromatic nitrogens is 1. The van der Waals surface area contributed by atoms with Gasteiger partial charge in [-0.25, -0.2) is 0 Å². The first-order chi connectivity index (χ1) is 9.53. The van der Waals surface area contributed by atoms with Crippen LogP contribution in [0.5, 0.6) is 5.88 Å². The Morgan fingerprint density at radius 3 is 2.60 bits per heavy atom. The lowest BCUT2D eigenvalue weighted by atomic mass is 9.96. The van der Waals surface area contributed by atoms with Gasteiger partial charge in [0.05, 0.1) is 18.1 Å². The number of methoxy groups -OCH3 is 1. The molecule has 1 atom stereocenters. The van der Waals surface area contributed by atoms with Crippen molar-refractivity contribution in [3.8, 4) is 5.88 Å². The van der Waals surface area contributed by atoms with Gasteiger partial charge in [0.1, 0.15) is 0 Å². The van der Waals surface area contributed by atoms with Crippen molar-refractivity contribution >= 4 is 11.5 Å². The van der Waals surface area contributed by atoms with E-state index in [1.165, 1.54) is 19.2 Å². The van der Waals surface area contributed by atoms with Crippen molar-refractivity contribution in [1.29, 1.82) is 0 Å². The fourth-order valence-corrected chi connectivity index (χ4v) is 2.03. The third-order valence-corrected chi connectivity index (χ3v) is 3.33. The number of aliphatic hydroxyl groups is 1. The molecule has 1 rings (SSSR count). The average molecular weight is 283 g/mol. The standard InChI is InChI=1S/C13H21N3O4/c1-4-9(5-2)11(17)8-14-13-10(16(18)19)6-7-12(15-13)20-3/h6-7,9,11,17H,4-5,8H2,1-3H3,(H,14,15). The Labute approximate surface area is 118 Å². The monoisotopic (exact) mass is 283 g/mol.